The largest absolute Gasteiger partial charge is 0.374 e. The van der Waals surface area contributed by atoms with Crippen LogP contribution in [0.3, 0.4) is 0 Å². The molecule has 1 aliphatic heterocycles. The lowest BCUT2D eigenvalue weighted by molar-refractivity contribution is -0.0107. The summed E-state index contributed by atoms with van der Waals surface area (Å²) in [6, 6.07) is 0. The normalized spacial score (nSPS) is 59.1. The Hall–Kier alpha value is -0.340. The lowest BCUT2D eigenvalue weighted by Gasteiger charge is -2.32. The third-order valence-electron chi connectivity index (χ3n) is 5.12. The molecular weight excluding hydrogens is 188 g/mol. The van der Waals surface area contributed by atoms with Crippen molar-refractivity contribution in [3.8, 4) is 0 Å². The van der Waals surface area contributed by atoms with Crippen molar-refractivity contribution in [2.75, 3.05) is 6.61 Å². The molecule has 4 fully saturated rings. The summed E-state index contributed by atoms with van der Waals surface area (Å²) in [5, 5.41) is 0. The summed E-state index contributed by atoms with van der Waals surface area (Å²) in [5.41, 5.74) is 0. The van der Waals surface area contributed by atoms with E-state index in [2.05, 4.69) is 6.58 Å². The number of ether oxygens (including phenoxy) is 2. The van der Waals surface area contributed by atoms with Crippen LogP contribution < -0.4 is 0 Å². The predicted molar refractivity (Wildman–Crippen MR) is 56.4 cm³/mol. The smallest absolute Gasteiger partial charge is 0.0876 e. The molecule has 7 unspecified atom stereocenters. The summed E-state index contributed by atoms with van der Waals surface area (Å²) in [4.78, 5) is 0. The quantitative estimate of drug-likeness (QED) is 0.520. The molecule has 0 radical (unpaired) electrons. The summed E-state index contributed by atoms with van der Waals surface area (Å²) >= 11 is 0. The molecule has 3 aliphatic carbocycles. The number of epoxide rings is 1. The first kappa shape index (κ1) is 8.77. The van der Waals surface area contributed by atoms with Gasteiger partial charge in [-0.3, -0.25) is 0 Å². The molecule has 0 aromatic heterocycles. The first-order chi connectivity index (χ1) is 7.38. The van der Waals surface area contributed by atoms with E-state index in [-0.39, 0.29) is 0 Å². The van der Waals surface area contributed by atoms with Gasteiger partial charge in [-0.25, -0.2) is 0 Å². The fourth-order valence-corrected chi connectivity index (χ4v) is 4.63. The van der Waals surface area contributed by atoms with E-state index in [1.807, 2.05) is 6.08 Å². The second-order valence-electron chi connectivity index (χ2n) is 5.67. The number of fused-ring (bicyclic) bond motifs is 7. The van der Waals surface area contributed by atoms with Crippen LogP contribution >= 0.6 is 0 Å². The van der Waals surface area contributed by atoms with Gasteiger partial charge < -0.3 is 9.47 Å². The van der Waals surface area contributed by atoms with E-state index in [1.165, 1.54) is 19.3 Å². The van der Waals surface area contributed by atoms with E-state index in [1.54, 1.807) is 0 Å². The molecule has 2 heteroatoms. The average Bonchev–Trinajstić information content (AvgIpc) is 2.65. The minimum absolute atomic E-state index is 0.511. The Morgan fingerprint density at radius 3 is 3.07 bits per heavy atom. The summed E-state index contributed by atoms with van der Waals surface area (Å²) in [6.45, 7) is 4.45. The first-order valence-electron chi connectivity index (χ1n) is 6.26. The zero-order valence-corrected chi connectivity index (χ0v) is 8.97. The Bertz CT molecular complexity index is 301. The second kappa shape index (κ2) is 2.86. The fourth-order valence-electron chi connectivity index (χ4n) is 4.63. The van der Waals surface area contributed by atoms with E-state index >= 15 is 0 Å². The predicted octanol–water partition coefficient (Wildman–Crippen LogP) is 2.00. The maximum Gasteiger partial charge on any atom is 0.0876 e. The van der Waals surface area contributed by atoms with Crippen molar-refractivity contribution in [3.63, 3.8) is 0 Å². The molecule has 4 aliphatic rings. The van der Waals surface area contributed by atoms with Crippen molar-refractivity contribution in [3.05, 3.63) is 12.7 Å². The van der Waals surface area contributed by atoms with Crippen molar-refractivity contribution in [1.82, 2.24) is 0 Å². The third kappa shape index (κ3) is 1.07. The van der Waals surface area contributed by atoms with Gasteiger partial charge in [-0.15, -0.1) is 6.58 Å². The molecule has 1 heterocycles. The van der Waals surface area contributed by atoms with Crippen molar-refractivity contribution >= 4 is 0 Å². The molecule has 0 aromatic carbocycles. The van der Waals surface area contributed by atoms with Gasteiger partial charge in [0.15, 0.2) is 0 Å². The summed E-state index contributed by atoms with van der Waals surface area (Å²) in [7, 11) is 0. The maximum absolute atomic E-state index is 5.89. The molecule has 0 spiro atoms. The zero-order valence-electron chi connectivity index (χ0n) is 8.97. The highest BCUT2D eigenvalue weighted by Crippen LogP contribution is 2.64. The van der Waals surface area contributed by atoms with Gasteiger partial charge in [0.25, 0.3) is 0 Å². The molecule has 82 valence electrons. The maximum atomic E-state index is 5.89. The third-order valence-corrected chi connectivity index (χ3v) is 5.12. The van der Waals surface area contributed by atoms with Gasteiger partial charge in [0.05, 0.1) is 24.9 Å². The minimum atomic E-state index is 0.511. The Morgan fingerprint density at radius 1 is 1.27 bits per heavy atom. The Balaban J connectivity index is 1.52. The SMILES string of the molecule is C=CCOC1CC2CC1C1C2CC2OC21. The lowest BCUT2D eigenvalue weighted by atomic mass is 9.79. The molecule has 0 amide bonds. The Morgan fingerprint density at radius 2 is 2.20 bits per heavy atom. The van der Waals surface area contributed by atoms with Crippen LogP contribution in [-0.4, -0.2) is 24.9 Å². The van der Waals surface area contributed by atoms with Crippen LogP contribution in [0.2, 0.25) is 0 Å². The minimum Gasteiger partial charge on any atom is -0.374 e. The number of hydrogen-bond acceptors (Lipinski definition) is 2. The average molecular weight is 206 g/mol. The van der Waals surface area contributed by atoms with E-state index in [9.17, 15) is 0 Å². The summed E-state index contributed by atoms with van der Waals surface area (Å²) in [5.74, 6) is 3.59. The van der Waals surface area contributed by atoms with Crippen molar-refractivity contribution in [2.24, 2.45) is 23.7 Å². The van der Waals surface area contributed by atoms with Crippen LogP contribution in [0.25, 0.3) is 0 Å². The van der Waals surface area contributed by atoms with Crippen LogP contribution in [0.15, 0.2) is 12.7 Å². The van der Waals surface area contributed by atoms with Gasteiger partial charge in [-0.2, -0.15) is 0 Å². The topological polar surface area (TPSA) is 21.8 Å². The lowest BCUT2D eigenvalue weighted by Crippen LogP contribution is -2.33. The summed E-state index contributed by atoms with van der Waals surface area (Å²) < 4.78 is 11.6. The molecule has 4 rings (SSSR count). The molecule has 15 heavy (non-hydrogen) atoms. The van der Waals surface area contributed by atoms with E-state index in [0.29, 0.717) is 18.3 Å². The second-order valence-corrected chi connectivity index (χ2v) is 5.67. The van der Waals surface area contributed by atoms with Gasteiger partial charge in [0, 0.05) is 0 Å². The van der Waals surface area contributed by atoms with Crippen molar-refractivity contribution in [1.29, 1.82) is 0 Å². The zero-order chi connectivity index (χ0) is 9.99. The van der Waals surface area contributed by atoms with Crippen LogP contribution in [-0.2, 0) is 9.47 Å². The molecule has 2 nitrogen and oxygen atoms in total. The molecule has 0 aromatic rings. The van der Waals surface area contributed by atoms with Crippen LogP contribution in [0, 0.1) is 23.7 Å². The highest BCUT2D eigenvalue weighted by Gasteiger charge is 2.66. The van der Waals surface area contributed by atoms with Gasteiger partial charge in [-0.05, 0) is 42.9 Å². The van der Waals surface area contributed by atoms with E-state index < -0.39 is 0 Å². The van der Waals surface area contributed by atoms with Crippen LogP contribution in [0.1, 0.15) is 19.3 Å². The van der Waals surface area contributed by atoms with Crippen LogP contribution in [0.5, 0.6) is 0 Å². The monoisotopic (exact) mass is 206 g/mol. The number of rotatable bonds is 3. The number of hydrogen-bond donors (Lipinski definition) is 0. The van der Waals surface area contributed by atoms with Crippen molar-refractivity contribution < 1.29 is 9.47 Å². The van der Waals surface area contributed by atoms with Gasteiger partial charge >= 0.3 is 0 Å². The molecule has 3 saturated carbocycles. The molecule has 2 bridgehead atoms. The van der Waals surface area contributed by atoms with E-state index in [0.717, 1.165) is 30.3 Å². The molecule has 1 saturated heterocycles. The Kier molecular flexibility index (Phi) is 1.67. The highest BCUT2D eigenvalue weighted by molar-refractivity contribution is 5.14. The molecule has 7 atom stereocenters. The van der Waals surface area contributed by atoms with Gasteiger partial charge in [0.2, 0.25) is 0 Å². The van der Waals surface area contributed by atoms with Crippen LogP contribution in [0.4, 0.5) is 0 Å². The molecule has 0 N–H and O–H groups in total. The first-order valence-corrected chi connectivity index (χ1v) is 6.26. The standard InChI is InChI=1S/C13H18O2/c1-2-3-14-10-5-7-4-9(10)12-8(7)6-11-13(12)15-11/h2,7-13H,1,3-6H2. The van der Waals surface area contributed by atoms with Gasteiger partial charge in [0.1, 0.15) is 0 Å². The Labute approximate surface area is 90.6 Å². The van der Waals surface area contributed by atoms with Crippen molar-refractivity contribution in [2.45, 2.75) is 37.6 Å². The summed E-state index contributed by atoms with van der Waals surface area (Å²) in [6.07, 6.45) is 7.71. The molecular formula is C13H18O2. The van der Waals surface area contributed by atoms with Gasteiger partial charge in [-0.1, -0.05) is 6.08 Å². The highest BCUT2D eigenvalue weighted by atomic mass is 16.6. The fraction of sp³-hybridized carbons (Fsp3) is 0.846. The van der Waals surface area contributed by atoms with E-state index in [4.69, 9.17) is 9.47 Å².